The van der Waals surface area contributed by atoms with Crippen molar-refractivity contribution in [1.29, 1.82) is 0 Å². The van der Waals surface area contributed by atoms with E-state index in [1.54, 1.807) is 0 Å². The van der Waals surface area contributed by atoms with Crippen LogP contribution in [-0.2, 0) is 4.79 Å². The summed E-state index contributed by atoms with van der Waals surface area (Å²) >= 11 is 3.26. The molecule has 82 valence electrons. The van der Waals surface area contributed by atoms with Gasteiger partial charge in [-0.2, -0.15) is 0 Å². The summed E-state index contributed by atoms with van der Waals surface area (Å²) < 4.78 is 0. The van der Waals surface area contributed by atoms with Crippen LogP contribution in [0.2, 0.25) is 0 Å². The minimum absolute atomic E-state index is 0.147. The number of hydrogen-bond acceptors (Lipinski definition) is 2. The maximum absolute atomic E-state index is 11.3. The molecular weight excluding hydrogens is 244 g/mol. The number of nitrogens with one attached hydrogen (secondary N) is 1. The van der Waals surface area contributed by atoms with Crippen molar-refractivity contribution in [2.75, 3.05) is 25.0 Å². The molecule has 0 spiro atoms. The van der Waals surface area contributed by atoms with Crippen LogP contribution in [0.4, 0.5) is 0 Å². The largest absolute Gasteiger partial charge is 0.352 e. The SMILES string of the molecule is CC(CN1CCCC1)NC(=O)CCBr. The molecule has 0 aromatic heterocycles. The second kappa shape index (κ2) is 6.40. The lowest BCUT2D eigenvalue weighted by molar-refractivity contribution is -0.121. The minimum atomic E-state index is 0.147. The fraction of sp³-hybridized carbons (Fsp3) is 0.900. The van der Waals surface area contributed by atoms with E-state index in [9.17, 15) is 4.79 Å². The molecule has 0 radical (unpaired) electrons. The van der Waals surface area contributed by atoms with E-state index in [2.05, 4.69) is 33.1 Å². The Kier molecular flexibility index (Phi) is 5.48. The highest BCUT2D eigenvalue weighted by atomic mass is 79.9. The van der Waals surface area contributed by atoms with Gasteiger partial charge in [-0.3, -0.25) is 4.79 Å². The van der Waals surface area contributed by atoms with Crippen molar-refractivity contribution in [2.45, 2.75) is 32.2 Å². The van der Waals surface area contributed by atoms with Crippen LogP contribution < -0.4 is 5.32 Å². The fourth-order valence-electron chi connectivity index (χ4n) is 1.83. The first-order chi connectivity index (χ1) is 6.72. The summed E-state index contributed by atoms with van der Waals surface area (Å²) in [6, 6.07) is 0.277. The Balaban J connectivity index is 2.14. The molecule has 14 heavy (non-hydrogen) atoms. The van der Waals surface area contributed by atoms with E-state index in [1.807, 2.05) is 0 Å². The fourth-order valence-corrected chi connectivity index (χ4v) is 2.19. The lowest BCUT2D eigenvalue weighted by atomic mass is 10.3. The van der Waals surface area contributed by atoms with Crippen LogP contribution in [0.3, 0.4) is 0 Å². The van der Waals surface area contributed by atoms with E-state index in [0.29, 0.717) is 6.42 Å². The summed E-state index contributed by atoms with van der Waals surface area (Å²) in [5, 5.41) is 3.74. The number of hydrogen-bond donors (Lipinski definition) is 1. The van der Waals surface area contributed by atoms with E-state index < -0.39 is 0 Å². The average Bonchev–Trinajstić information content (AvgIpc) is 2.56. The van der Waals surface area contributed by atoms with Crippen LogP contribution in [0.5, 0.6) is 0 Å². The summed E-state index contributed by atoms with van der Waals surface area (Å²) in [5.74, 6) is 0.147. The highest BCUT2D eigenvalue weighted by Gasteiger charge is 2.15. The molecule has 1 rings (SSSR count). The smallest absolute Gasteiger partial charge is 0.221 e. The maximum atomic E-state index is 11.3. The van der Waals surface area contributed by atoms with Crippen molar-refractivity contribution in [3.8, 4) is 0 Å². The van der Waals surface area contributed by atoms with Gasteiger partial charge < -0.3 is 10.2 Å². The number of carbonyl (C=O) groups is 1. The molecule has 1 heterocycles. The number of alkyl halides is 1. The van der Waals surface area contributed by atoms with Crippen LogP contribution in [0, 0.1) is 0 Å². The molecule has 1 fully saturated rings. The van der Waals surface area contributed by atoms with Gasteiger partial charge in [-0.25, -0.2) is 0 Å². The van der Waals surface area contributed by atoms with Gasteiger partial charge in [0, 0.05) is 24.3 Å². The second-order valence-electron chi connectivity index (χ2n) is 3.92. The summed E-state index contributed by atoms with van der Waals surface area (Å²) in [6.45, 7) is 5.45. The zero-order chi connectivity index (χ0) is 10.4. The normalized spacial score (nSPS) is 19.6. The van der Waals surface area contributed by atoms with E-state index in [0.717, 1.165) is 11.9 Å². The monoisotopic (exact) mass is 262 g/mol. The zero-order valence-corrected chi connectivity index (χ0v) is 10.3. The molecule has 0 aliphatic carbocycles. The molecule has 0 bridgehead atoms. The van der Waals surface area contributed by atoms with E-state index in [1.165, 1.54) is 25.9 Å². The van der Waals surface area contributed by atoms with Crippen LogP contribution in [-0.4, -0.2) is 41.8 Å². The first kappa shape index (κ1) is 12.0. The number of halogens is 1. The molecule has 1 saturated heterocycles. The first-order valence-electron chi connectivity index (χ1n) is 5.30. The van der Waals surface area contributed by atoms with Gasteiger partial charge in [0.2, 0.25) is 5.91 Å². The molecule has 0 aromatic rings. The van der Waals surface area contributed by atoms with E-state index in [4.69, 9.17) is 0 Å². The van der Waals surface area contributed by atoms with Crippen molar-refractivity contribution in [1.82, 2.24) is 10.2 Å². The molecule has 0 aromatic carbocycles. The lowest BCUT2D eigenvalue weighted by Gasteiger charge is -2.20. The van der Waals surface area contributed by atoms with Gasteiger partial charge >= 0.3 is 0 Å². The van der Waals surface area contributed by atoms with Crippen LogP contribution in [0.25, 0.3) is 0 Å². The minimum Gasteiger partial charge on any atom is -0.352 e. The average molecular weight is 263 g/mol. The molecule has 1 aliphatic heterocycles. The lowest BCUT2D eigenvalue weighted by Crippen LogP contribution is -2.41. The quantitative estimate of drug-likeness (QED) is 0.760. The Morgan fingerprint density at radius 1 is 1.50 bits per heavy atom. The van der Waals surface area contributed by atoms with Crippen molar-refractivity contribution >= 4 is 21.8 Å². The second-order valence-corrected chi connectivity index (χ2v) is 4.71. The van der Waals surface area contributed by atoms with Crippen LogP contribution >= 0.6 is 15.9 Å². The standard InChI is InChI=1S/C10H19BrN2O/c1-9(12-10(14)4-5-11)8-13-6-2-3-7-13/h9H,2-8H2,1H3,(H,12,14). The highest BCUT2D eigenvalue weighted by Crippen LogP contribution is 2.07. The van der Waals surface area contributed by atoms with Crippen molar-refractivity contribution in [3.05, 3.63) is 0 Å². The summed E-state index contributed by atoms with van der Waals surface area (Å²) in [5.41, 5.74) is 0. The van der Waals surface area contributed by atoms with E-state index >= 15 is 0 Å². The summed E-state index contributed by atoms with van der Waals surface area (Å²) in [4.78, 5) is 13.7. The highest BCUT2D eigenvalue weighted by molar-refractivity contribution is 9.09. The Bertz CT molecular complexity index is 181. The Hall–Kier alpha value is -0.0900. The van der Waals surface area contributed by atoms with Crippen molar-refractivity contribution < 1.29 is 4.79 Å². The van der Waals surface area contributed by atoms with Gasteiger partial charge in [0.15, 0.2) is 0 Å². The number of carbonyl (C=O) groups excluding carboxylic acids is 1. The Morgan fingerprint density at radius 2 is 2.14 bits per heavy atom. The van der Waals surface area contributed by atoms with E-state index in [-0.39, 0.29) is 11.9 Å². The topological polar surface area (TPSA) is 32.3 Å². The molecule has 4 heteroatoms. The van der Waals surface area contributed by atoms with Crippen molar-refractivity contribution in [3.63, 3.8) is 0 Å². The number of amides is 1. The number of nitrogens with zero attached hydrogens (tertiary/aromatic N) is 1. The number of rotatable bonds is 5. The van der Waals surface area contributed by atoms with Gasteiger partial charge in [0.05, 0.1) is 0 Å². The molecule has 0 saturated carbocycles. The zero-order valence-electron chi connectivity index (χ0n) is 8.76. The summed E-state index contributed by atoms with van der Waals surface area (Å²) in [6.07, 6.45) is 3.19. The Labute approximate surface area is 94.4 Å². The molecule has 1 atom stereocenters. The van der Waals surface area contributed by atoms with Crippen LogP contribution in [0.15, 0.2) is 0 Å². The van der Waals surface area contributed by atoms with Gasteiger partial charge in [0.25, 0.3) is 0 Å². The van der Waals surface area contributed by atoms with Crippen molar-refractivity contribution in [2.24, 2.45) is 0 Å². The van der Waals surface area contributed by atoms with Gasteiger partial charge in [0.1, 0.15) is 0 Å². The molecule has 1 aliphatic rings. The van der Waals surface area contributed by atoms with Crippen LogP contribution in [0.1, 0.15) is 26.2 Å². The first-order valence-corrected chi connectivity index (χ1v) is 6.42. The van der Waals surface area contributed by atoms with Gasteiger partial charge in [-0.1, -0.05) is 15.9 Å². The molecule has 1 amide bonds. The molecule has 1 unspecified atom stereocenters. The maximum Gasteiger partial charge on any atom is 0.221 e. The van der Waals surface area contributed by atoms with Gasteiger partial charge in [-0.05, 0) is 32.9 Å². The molecule has 3 nitrogen and oxygen atoms in total. The predicted molar refractivity (Wildman–Crippen MR) is 61.7 cm³/mol. The summed E-state index contributed by atoms with van der Waals surface area (Å²) in [7, 11) is 0. The third-order valence-electron chi connectivity index (χ3n) is 2.46. The Morgan fingerprint density at radius 3 is 2.71 bits per heavy atom. The predicted octanol–water partition coefficient (Wildman–Crippen LogP) is 1.37. The number of likely N-dealkylation sites (tertiary alicyclic amines) is 1. The third kappa shape index (κ3) is 4.42. The molecular formula is C10H19BrN2O. The van der Waals surface area contributed by atoms with Gasteiger partial charge in [-0.15, -0.1) is 0 Å². The molecule has 1 N–H and O–H groups in total. The third-order valence-corrected chi connectivity index (χ3v) is 2.86.